The molecule has 0 fully saturated rings. The van der Waals surface area contributed by atoms with Gasteiger partial charge in [-0.05, 0) is 13.0 Å². The molecule has 0 aliphatic heterocycles. The molecular formula is C8H9FOV. The summed E-state index contributed by atoms with van der Waals surface area (Å²) in [4.78, 5) is 0. The first-order valence-corrected chi connectivity index (χ1v) is 3.14. The molecule has 0 saturated heterocycles. The molecule has 0 aliphatic rings. The van der Waals surface area contributed by atoms with Crippen LogP contribution < -0.4 is 0 Å². The van der Waals surface area contributed by atoms with Crippen LogP contribution in [-0.4, -0.2) is 5.11 Å². The topological polar surface area (TPSA) is 20.2 Å². The van der Waals surface area contributed by atoms with Crippen LogP contribution in [0.5, 0.6) is 0 Å². The van der Waals surface area contributed by atoms with Crippen molar-refractivity contribution in [1.82, 2.24) is 0 Å². The number of aliphatic hydroxyl groups is 1. The quantitative estimate of drug-likeness (QED) is 0.718. The van der Waals surface area contributed by atoms with Crippen LogP contribution >= 0.6 is 0 Å². The van der Waals surface area contributed by atoms with Crippen molar-refractivity contribution in [2.75, 3.05) is 0 Å². The summed E-state index contributed by atoms with van der Waals surface area (Å²) in [6, 6.07) is 6.20. The summed E-state index contributed by atoms with van der Waals surface area (Å²) in [7, 11) is 0. The summed E-state index contributed by atoms with van der Waals surface area (Å²) < 4.78 is 12.7. The molecule has 1 N–H and O–H groups in total. The summed E-state index contributed by atoms with van der Waals surface area (Å²) in [5, 5.41) is 8.96. The third-order valence-corrected chi connectivity index (χ3v) is 1.36. The van der Waals surface area contributed by atoms with E-state index in [-0.39, 0.29) is 24.4 Å². The molecule has 3 heteroatoms. The van der Waals surface area contributed by atoms with Crippen LogP contribution in [0.25, 0.3) is 0 Å². The van der Waals surface area contributed by atoms with E-state index in [0.29, 0.717) is 5.56 Å². The molecule has 0 aromatic heterocycles. The van der Waals surface area contributed by atoms with E-state index in [1.54, 1.807) is 25.1 Å². The molecule has 1 aromatic carbocycles. The van der Waals surface area contributed by atoms with Crippen molar-refractivity contribution in [2.24, 2.45) is 0 Å². The van der Waals surface area contributed by atoms with Crippen LogP contribution in [0.2, 0.25) is 0 Å². The number of hydrogen-bond acceptors (Lipinski definition) is 1. The van der Waals surface area contributed by atoms with Crippen molar-refractivity contribution >= 4 is 0 Å². The largest absolute Gasteiger partial charge is 0.389 e. The predicted molar refractivity (Wildman–Crippen MR) is 37.0 cm³/mol. The van der Waals surface area contributed by atoms with Crippen molar-refractivity contribution in [2.45, 2.75) is 13.0 Å². The Hall–Kier alpha value is -0.306. The monoisotopic (exact) mass is 191 g/mol. The second kappa shape index (κ2) is 4.55. The first kappa shape index (κ1) is 10.7. The molecule has 0 amide bonds. The summed E-state index contributed by atoms with van der Waals surface area (Å²) in [5.74, 6) is -0.350. The van der Waals surface area contributed by atoms with Crippen molar-refractivity contribution in [3.05, 3.63) is 35.6 Å². The van der Waals surface area contributed by atoms with Gasteiger partial charge in [-0.3, -0.25) is 0 Å². The first-order valence-electron chi connectivity index (χ1n) is 3.14. The zero-order valence-electron chi connectivity index (χ0n) is 6.16. The van der Waals surface area contributed by atoms with Crippen LogP contribution in [-0.2, 0) is 18.6 Å². The van der Waals surface area contributed by atoms with Gasteiger partial charge in [0.2, 0.25) is 0 Å². The molecule has 0 bridgehead atoms. The van der Waals surface area contributed by atoms with Crippen LogP contribution in [0.15, 0.2) is 24.3 Å². The molecule has 1 radical (unpaired) electrons. The fourth-order valence-electron chi connectivity index (χ4n) is 0.814. The minimum absolute atomic E-state index is 0. The van der Waals surface area contributed by atoms with E-state index in [1.165, 1.54) is 6.07 Å². The molecule has 0 heterocycles. The third kappa shape index (κ3) is 2.66. The van der Waals surface area contributed by atoms with E-state index in [4.69, 9.17) is 5.11 Å². The second-order valence-electron chi connectivity index (χ2n) is 2.20. The summed E-state index contributed by atoms with van der Waals surface area (Å²) >= 11 is 0. The van der Waals surface area contributed by atoms with Gasteiger partial charge in [-0.25, -0.2) is 4.39 Å². The minimum Gasteiger partial charge on any atom is -0.389 e. The van der Waals surface area contributed by atoms with E-state index >= 15 is 0 Å². The molecule has 11 heavy (non-hydrogen) atoms. The Balaban J connectivity index is 0.000001000. The van der Waals surface area contributed by atoms with Gasteiger partial charge in [-0.2, -0.15) is 0 Å². The van der Waals surface area contributed by atoms with Crippen molar-refractivity contribution in [1.29, 1.82) is 0 Å². The third-order valence-electron chi connectivity index (χ3n) is 1.36. The summed E-state index contributed by atoms with van der Waals surface area (Å²) in [5.41, 5.74) is 0.350. The first-order chi connectivity index (χ1) is 4.72. The van der Waals surface area contributed by atoms with E-state index in [1.807, 2.05) is 0 Å². The van der Waals surface area contributed by atoms with Gasteiger partial charge in [0, 0.05) is 24.1 Å². The molecule has 1 rings (SSSR count). The number of halogens is 1. The summed E-state index contributed by atoms with van der Waals surface area (Å²) in [6.07, 6.45) is -0.721. The molecule has 0 saturated carbocycles. The van der Waals surface area contributed by atoms with E-state index < -0.39 is 6.10 Å². The Kier molecular flexibility index (Phi) is 4.42. The fourth-order valence-corrected chi connectivity index (χ4v) is 0.814. The van der Waals surface area contributed by atoms with Gasteiger partial charge >= 0.3 is 0 Å². The molecule has 1 unspecified atom stereocenters. The molecule has 59 valence electrons. The van der Waals surface area contributed by atoms with E-state index in [0.717, 1.165) is 0 Å². The van der Waals surface area contributed by atoms with E-state index in [2.05, 4.69) is 0 Å². The second-order valence-corrected chi connectivity index (χ2v) is 2.20. The van der Waals surface area contributed by atoms with Gasteiger partial charge < -0.3 is 5.11 Å². The van der Waals surface area contributed by atoms with Gasteiger partial charge in [-0.1, -0.05) is 18.2 Å². The van der Waals surface area contributed by atoms with Gasteiger partial charge in [-0.15, -0.1) is 0 Å². The molecule has 1 nitrogen and oxygen atoms in total. The Morgan fingerprint density at radius 3 is 2.27 bits per heavy atom. The Morgan fingerprint density at radius 1 is 1.36 bits per heavy atom. The van der Waals surface area contributed by atoms with Crippen molar-refractivity contribution in [3.8, 4) is 0 Å². The van der Waals surface area contributed by atoms with Crippen molar-refractivity contribution < 1.29 is 28.1 Å². The van der Waals surface area contributed by atoms with Gasteiger partial charge in [0.1, 0.15) is 5.82 Å². The maximum absolute atomic E-state index is 12.7. The number of rotatable bonds is 1. The van der Waals surface area contributed by atoms with Crippen LogP contribution in [0, 0.1) is 5.82 Å². The Labute approximate surface area is 77.1 Å². The van der Waals surface area contributed by atoms with E-state index in [9.17, 15) is 4.39 Å². The molecular weight excluding hydrogens is 182 g/mol. The van der Waals surface area contributed by atoms with Crippen molar-refractivity contribution in [3.63, 3.8) is 0 Å². The number of hydrogen-bond donors (Lipinski definition) is 1. The van der Waals surface area contributed by atoms with Crippen LogP contribution in [0.4, 0.5) is 4.39 Å². The number of benzene rings is 1. The molecule has 1 aromatic rings. The Bertz CT molecular complexity index is 225. The van der Waals surface area contributed by atoms with Crippen LogP contribution in [0.1, 0.15) is 18.6 Å². The summed E-state index contributed by atoms with van der Waals surface area (Å²) in [6.45, 7) is 1.54. The van der Waals surface area contributed by atoms with Gasteiger partial charge in [0.25, 0.3) is 0 Å². The maximum atomic E-state index is 12.7. The number of aliphatic hydroxyl groups excluding tert-OH is 1. The fraction of sp³-hybridized carbons (Fsp3) is 0.250. The van der Waals surface area contributed by atoms with Gasteiger partial charge in [0.05, 0.1) is 6.10 Å². The molecule has 0 aliphatic carbocycles. The standard InChI is InChI=1S/C8H9FO.V/c1-6(10)7-4-2-3-5-8(7)9;/h2-6,10H,1H3;. The minimum atomic E-state index is -0.721. The molecule has 1 atom stereocenters. The average molecular weight is 191 g/mol. The predicted octanol–water partition coefficient (Wildman–Crippen LogP) is 1.88. The zero-order valence-corrected chi connectivity index (χ0v) is 7.56. The Morgan fingerprint density at radius 2 is 1.91 bits per heavy atom. The smallest absolute Gasteiger partial charge is 0.128 e. The zero-order chi connectivity index (χ0) is 7.56. The molecule has 0 spiro atoms. The average Bonchev–Trinajstić information content (AvgIpc) is 1.88. The van der Waals surface area contributed by atoms with Gasteiger partial charge in [0.15, 0.2) is 0 Å². The SMILES string of the molecule is CC(O)c1ccccc1F.[V]. The normalized spacial score (nSPS) is 11.9. The maximum Gasteiger partial charge on any atom is 0.128 e. The van der Waals surface area contributed by atoms with Crippen LogP contribution in [0.3, 0.4) is 0 Å².